The average Bonchev–Trinajstić information content (AvgIpc) is 2.84. The maximum Gasteiger partial charge on any atom is 0.0946 e. The third-order valence-corrected chi connectivity index (χ3v) is 5.43. The highest BCUT2D eigenvalue weighted by Gasteiger charge is 2.20. The molecule has 0 spiro atoms. The Hall–Kier alpha value is -3.91. The standard InChI is InChI=1S/C28H22N2/c1-2-11-21(12-3-1)23-15-6-7-17-25(23)28(27-18-8-9-20-29-27)30-26-19-10-14-22-13-4-5-16-24(22)26/h1-20,28,30H. The summed E-state index contributed by atoms with van der Waals surface area (Å²) in [5, 5.41) is 6.23. The van der Waals surface area contributed by atoms with Crippen molar-refractivity contribution in [3.63, 3.8) is 0 Å². The Labute approximate surface area is 176 Å². The van der Waals surface area contributed by atoms with Crippen molar-refractivity contribution in [2.75, 3.05) is 5.32 Å². The van der Waals surface area contributed by atoms with Crippen LogP contribution in [0.4, 0.5) is 5.69 Å². The molecule has 4 aromatic carbocycles. The molecule has 2 nitrogen and oxygen atoms in total. The van der Waals surface area contributed by atoms with Gasteiger partial charge in [-0.15, -0.1) is 0 Å². The Kier molecular flexibility index (Phi) is 4.97. The van der Waals surface area contributed by atoms with Gasteiger partial charge < -0.3 is 5.32 Å². The summed E-state index contributed by atoms with van der Waals surface area (Å²) >= 11 is 0. The third kappa shape index (κ3) is 3.56. The van der Waals surface area contributed by atoms with Crippen LogP contribution in [0, 0.1) is 0 Å². The van der Waals surface area contributed by atoms with Crippen LogP contribution in [-0.4, -0.2) is 4.98 Å². The summed E-state index contributed by atoms with van der Waals surface area (Å²) in [7, 11) is 0. The smallest absolute Gasteiger partial charge is 0.0946 e. The highest BCUT2D eigenvalue weighted by atomic mass is 14.9. The Morgan fingerprint density at radius 2 is 1.33 bits per heavy atom. The van der Waals surface area contributed by atoms with Crippen LogP contribution in [0.25, 0.3) is 21.9 Å². The number of aromatic nitrogens is 1. The number of nitrogens with one attached hydrogen (secondary N) is 1. The molecule has 0 aliphatic carbocycles. The molecule has 0 fully saturated rings. The number of nitrogens with zero attached hydrogens (tertiary/aromatic N) is 1. The van der Waals surface area contributed by atoms with Crippen molar-refractivity contribution in [3.05, 3.63) is 133 Å². The van der Waals surface area contributed by atoms with Crippen LogP contribution in [0.2, 0.25) is 0 Å². The van der Waals surface area contributed by atoms with Crippen LogP contribution < -0.4 is 5.32 Å². The van der Waals surface area contributed by atoms with Crippen molar-refractivity contribution < 1.29 is 0 Å². The van der Waals surface area contributed by atoms with Crippen LogP contribution in [0.5, 0.6) is 0 Å². The van der Waals surface area contributed by atoms with E-state index in [2.05, 4.69) is 108 Å². The van der Waals surface area contributed by atoms with Crippen LogP contribution in [0.1, 0.15) is 17.3 Å². The fourth-order valence-electron chi connectivity index (χ4n) is 3.99. The lowest BCUT2D eigenvalue weighted by Gasteiger charge is -2.24. The van der Waals surface area contributed by atoms with E-state index in [0.29, 0.717) is 0 Å². The predicted molar refractivity (Wildman–Crippen MR) is 126 cm³/mol. The molecular weight excluding hydrogens is 364 g/mol. The lowest BCUT2D eigenvalue weighted by molar-refractivity contribution is 0.891. The zero-order valence-electron chi connectivity index (χ0n) is 16.6. The quantitative estimate of drug-likeness (QED) is 0.348. The number of rotatable bonds is 5. The van der Waals surface area contributed by atoms with Crippen molar-refractivity contribution in [3.8, 4) is 11.1 Å². The van der Waals surface area contributed by atoms with E-state index in [1.54, 1.807) is 0 Å². The Balaban J connectivity index is 1.67. The Morgan fingerprint density at radius 1 is 0.600 bits per heavy atom. The van der Waals surface area contributed by atoms with Crippen molar-refractivity contribution in [2.24, 2.45) is 0 Å². The molecule has 0 amide bonds. The van der Waals surface area contributed by atoms with Crippen molar-refractivity contribution in [1.82, 2.24) is 4.98 Å². The van der Waals surface area contributed by atoms with E-state index in [1.165, 1.54) is 27.5 Å². The fraction of sp³-hybridized carbons (Fsp3) is 0.0357. The summed E-state index contributed by atoms with van der Waals surface area (Å²) in [6.45, 7) is 0. The number of benzene rings is 4. The normalized spacial score (nSPS) is 11.9. The highest BCUT2D eigenvalue weighted by molar-refractivity contribution is 5.94. The van der Waals surface area contributed by atoms with E-state index in [9.17, 15) is 0 Å². The van der Waals surface area contributed by atoms with Gasteiger partial charge in [-0.1, -0.05) is 97.1 Å². The second-order valence-corrected chi connectivity index (χ2v) is 7.31. The van der Waals surface area contributed by atoms with Gasteiger partial charge in [0.15, 0.2) is 0 Å². The van der Waals surface area contributed by atoms with Crippen molar-refractivity contribution >= 4 is 16.5 Å². The van der Waals surface area contributed by atoms with Crippen molar-refractivity contribution in [1.29, 1.82) is 0 Å². The minimum atomic E-state index is -0.0755. The van der Waals surface area contributed by atoms with E-state index in [1.807, 2.05) is 18.3 Å². The molecule has 1 unspecified atom stereocenters. The molecular formula is C28H22N2. The second kappa shape index (κ2) is 8.22. The van der Waals surface area contributed by atoms with Crippen LogP contribution in [-0.2, 0) is 0 Å². The first-order valence-corrected chi connectivity index (χ1v) is 10.2. The van der Waals surface area contributed by atoms with Gasteiger partial charge in [0.2, 0.25) is 0 Å². The number of anilines is 1. The molecule has 1 heterocycles. The van der Waals surface area contributed by atoms with Crippen LogP contribution in [0.15, 0.2) is 121 Å². The number of pyridine rings is 1. The highest BCUT2D eigenvalue weighted by Crippen LogP contribution is 2.35. The van der Waals surface area contributed by atoms with Crippen LogP contribution >= 0.6 is 0 Å². The van der Waals surface area contributed by atoms with Gasteiger partial charge in [0, 0.05) is 17.3 Å². The second-order valence-electron chi connectivity index (χ2n) is 7.31. The molecule has 1 N–H and O–H groups in total. The molecule has 0 saturated carbocycles. The Morgan fingerprint density at radius 3 is 2.20 bits per heavy atom. The van der Waals surface area contributed by atoms with E-state index < -0.39 is 0 Å². The van der Waals surface area contributed by atoms with E-state index in [4.69, 9.17) is 4.98 Å². The largest absolute Gasteiger partial charge is 0.372 e. The molecule has 5 rings (SSSR count). The van der Waals surface area contributed by atoms with E-state index in [0.717, 1.165) is 11.4 Å². The van der Waals surface area contributed by atoms with E-state index in [-0.39, 0.29) is 6.04 Å². The summed E-state index contributed by atoms with van der Waals surface area (Å²) < 4.78 is 0. The zero-order valence-corrected chi connectivity index (χ0v) is 16.6. The topological polar surface area (TPSA) is 24.9 Å². The Bertz CT molecular complexity index is 1260. The first-order valence-electron chi connectivity index (χ1n) is 10.2. The van der Waals surface area contributed by atoms with Gasteiger partial charge in [-0.25, -0.2) is 0 Å². The van der Waals surface area contributed by atoms with E-state index >= 15 is 0 Å². The SMILES string of the molecule is c1ccc(-c2ccccc2C(Nc2cccc3ccccc23)c2ccccn2)cc1. The molecule has 5 aromatic rings. The summed E-state index contributed by atoms with van der Waals surface area (Å²) in [4.78, 5) is 4.70. The lowest BCUT2D eigenvalue weighted by Crippen LogP contribution is -2.15. The minimum Gasteiger partial charge on any atom is -0.372 e. The monoisotopic (exact) mass is 386 g/mol. The first kappa shape index (κ1) is 18.1. The van der Waals surface area contributed by atoms with Gasteiger partial charge in [-0.05, 0) is 40.3 Å². The maximum absolute atomic E-state index is 4.70. The molecule has 144 valence electrons. The van der Waals surface area contributed by atoms with Crippen molar-refractivity contribution in [2.45, 2.75) is 6.04 Å². The lowest BCUT2D eigenvalue weighted by atomic mass is 9.92. The molecule has 30 heavy (non-hydrogen) atoms. The summed E-state index contributed by atoms with van der Waals surface area (Å²) in [5.41, 5.74) is 5.71. The predicted octanol–water partition coefficient (Wildman–Crippen LogP) is 7.10. The summed E-state index contributed by atoms with van der Waals surface area (Å²) in [5.74, 6) is 0. The molecule has 0 bridgehead atoms. The van der Waals surface area contributed by atoms with Gasteiger partial charge in [-0.2, -0.15) is 0 Å². The third-order valence-electron chi connectivity index (χ3n) is 5.43. The van der Waals surface area contributed by atoms with Gasteiger partial charge in [-0.3, -0.25) is 4.98 Å². The molecule has 0 radical (unpaired) electrons. The molecule has 0 aliphatic heterocycles. The first-order chi connectivity index (χ1) is 14.9. The summed E-state index contributed by atoms with van der Waals surface area (Å²) in [6, 6.07) is 40.0. The number of fused-ring (bicyclic) bond motifs is 1. The maximum atomic E-state index is 4.70. The van der Waals surface area contributed by atoms with Gasteiger partial charge in [0.1, 0.15) is 0 Å². The van der Waals surface area contributed by atoms with Crippen LogP contribution in [0.3, 0.4) is 0 Å². The number of hydrogen-bond acceptors (Lipinski definition) is 2. The molecule has 2 heteroatoms. The molecule has 0 aliphatic rings. The minimum absolute atomic E-state index is 0.0755. The molecule has 0 saturated heterocycles. The molecule has 1 aromatic heterocycles. The fourth-order valence-corrected chi connectivity index (χ4v) is 3.99. The summed E-state index contributed by atoms with van der Waals surface area (Å²) in [6.07, 6.45) is 1.86. The number of hydrogen-bond donors (Lipinski definition) is 1. The molecule has 1 atom stereocenters. The average molecular weight is 386 g/mol. The van der Waals surface area contributed by atoms with Gasteiger partial charge >= 0.3 is 0 Å². The van der Waals surface area contributed by atoms with Gasteiger partial charge in [0.05, 0.1) is 11.7 Å². The van der Waals surface area contributed by atoms with Gasteiger partial charge in [0.25, 0.3) is 0 Å². The zero-order chi connectivity index (χ0) is 20.2.